The Morgan fingerprint density at radius 3 is 2.41 bits per heavy atom. The molecule has 1 unspecified atom stereocenters. The van der Waals surface area contributed by atoms with E-state index in [4.69, 9.17) is 4.74 Å². The van der Waals surface area contributed by atoms with Crippen LogP contribution in [0.15, 0.2) is 42.5 Å². The van der Waals surface area contributed by atoms with E-state index in [1.807, 2.05) is 51.1 Å². The second-order valence-electron chi connectivity index (χ2n) is 9.02. The Morgan fingerprint density at radius 1 is 1.06 bits per heavy atom. The fourth-order valence-electron chi connectivity index (χ4n) is 3.75. The molecular formula is C24H32N4O4. The molecule has 1 amide bonds. The average Bonchev–Trinajstić information content (AvgIpc) is 2.73. The molecule has 1 aliphatic carbocycles. The van der Waals surface area contributed by atoms with Gasteiger partial charge in [-0.25, -0.2) is 14.6 Å². The first-order chi connectivity index (χ1) is 15.2. The van der Waals surface area contributed by atoms with Crippen molar-refractivity contribution in [3.05, 3.63) is 53.6 Å². The number of rotatable bonds is 7. The summed E-state index contributed by atoms with van der Waals surface area (Å²) >= 11 is 0. The lowest BCUT2D eigenvalue weighted by Gasteiger charge is -2.33. The first-order valence-corrected chi connectivity index (χ1v) is 11.0. The largest absolute Gasteiger partial charge is 0.478 e. The molecule has 2 aromatic rings. The summed E-state index contributed by atoms with van der Waals surface area (Å²) in [6, 6.07) is 12.8. The number of aromatic nitrogens is 1. The molecule has 1 aliphatic rings. The van der Waals surface area contributed by atoms with Gasteiger partial charge in [-0.1, -0.05) is 43.2 Å². The van der Waals surface area contributed by atoms with Gasteiger partial charge in [0.1, 0.15) is 22.8 Å². The van der Waals surface area contributed by atoms with Gasteiger partial charge >= 0.3 is 12.1 Å². The van der Waals surface area contributed by atoms with Crippen molar-refractivity contribution in [1.29, 1.82) is 0 Å². The number of nitrogens with one attached hydrogen (secondary N) is 3. The van der Waals surface area contributed by atoms with Crippen LogP contribution in [0, 0.1) is 0 Å². The highest BCUT2D eigenvalue weighted by atomic mass is 16.6. The second kappa shape index (κ2) is 10.3. The highest BCUT2D eigenvalue weighted by molar-refractivity contribution is 5.93. The van der Waals surface area contributed by atoms with E-state index in [9.17, 15) is 14.7 Å². The van der Waals surface area contributed by atoms with Gasteiger partial charge in [0.05, 0.1) is 6.04 Å². The van der Waals surface area contributed by atoms with Crippen LogP contribution in [0.4, 0.5) is 16.4 Å². The number of ether oxygens (including phenoxy) is 1. The van der Waals surface area contributed by atoms with Crippen molar-refractivity contribution in [2.75, 3.05) is 10.6 Å². The van der Waals surface area contributed by atoms with Gasteiger partial charge in [-0.3, -0.25) is 0 Å². The third-order valence-corrected chi connectivity index (χ3v) is 5.23. The number of benzene rings is 1. The molecular weight excluding hydrogens is 408 g/mol. The maximum atomic E-state index is 12.3. The monoisotopic (exact) mass is 440 g/mol. The lowest BCUT2D eigenvalue weighted by Crippen LogP contribution is -2.49. The molecule has 0 aliphatic heterocycles. The SMILES string of the molecule is CC(C)(C)OC(=O)N[C@H]1CCCCC1Nc1ccc(C(=O)O)c(NCc2ccccc2)n1. The maximum Gasteiger partial charge on any atom is 0.407 e. The molecule has 8 heteroatoms. The zero-order valence-electron chi connectivity index (χ0n) is 18.9. The normalized spacial score (nSPS) is 18.5. The molecule has 8 nitrogen and oxygen atoms in total. The number of alkyl carbamates (subject to hydrolysis) is 1. The van der Waals surface area contributed by atoms with Crippen molar-refractivity contribution in [2.45, 2.75) is 70.7 Å². The summed E-state index contributed by atoms with van der Waals surface area (Å²) in [6.45, 7) is 5.97. The minimum atomic E-state index is -1.04. The Hall–Kier alpha value is -3.29. The summed E-state index contributed by atoms with van der Waals surface area (Å²) in [5.74, 6) is -0.172. The number of hydrogen-bond donors (Lipinski definition) is 4. The van der Waals surface area contributed by atoms with E-state index in [0.29, 0.717) is 18.2 Å². The van der Waals surface area contributed by atoms with Gasteiger partial charge in [0.2, 0.25) is 0 Å². The van der Waals surface area contributed by atoms with Crippen LogP contribution in [-0.2, 0) is 11.3 Å². The van der Waals surface area contributed by atoms with E-state index in [2.05, 4.69) is 20.9 Å². The van der Waals surface area contributed by atoms with E-state index >= 15 is 0 Å². The van der Waals surface area contributed by atoms with Crippen molar-refractivity contribution < 1.29 is 19.4 Å². The Bertz CT molecular complexity index is 927. The maximum absolute atomic E-state index is 12.3. The summed E-state index contributed by atoms with van der Waals surface area (Å²) in [7, 11) is 0. The Labute approximate surface area is 188 Å². The molecule has 2 atom stereocenters. The van der Waals surface area contributed by atoms with Gasteiger partial charge in [0, 0.05) is 12.6 Å². The molecule has 0 bridgehead atoms. The minimum absolute atomic E-state index is 0.0265. The number of aromatic carboxylic acids is 1. The minimum Gasteiger partial charge on any atom is -0.478 e. The molecule has 1 aromatic heterocycles. The van der Waals surface area contributed by atoms with E-state index in [1.54, 1.807) is 12.1 Å². The lowest BCUT2D eigenvalue weighted by molar-refractivity contribution is 0.0488. The van der Waals surface area contributed by atoms with Crippen LogP contribution in [0.5, 0.6) is 0 Å². The van der Waals surface area contributed by atoms with Crippen LogP contribution in [0.1, 0.15) is 62.4 Å². The van der Waals surface area contributed by atoms with Crippen molar-refractivity contribution in [1.82, 2.24) is 10.3 Å². The smallest absolute Gasteiger partial charge is 0.407 e. The Morgan fingerprint density at radius 2 is 1.75 bits per heavy atom. The number of anilines is 2. The number of carbonyl (C=O) groups excluding carboxylic acids is 1. The first kappa shape index (κ1) is 23.4. The van der Waals surface area contributed by atoms with E-state index in [1.165, 1.54) is 0 Å². The quantitative estimate of drug-likeness (QED) is 0.496. The molecule has 1 saturated carbocycles. The van der Waals surface area contributed by atoms with Crippen LogP contribution >= 0.6 is 0 Å². The molecule has 0 spiro atoms. The number of carbonyl (C=O) groups is 2. The zero-order valence-corrected chi connectivity index (χ0v) is 18.9. The number of amides is 1. The topological polar surface area (TPSA) is 113 Å². The van der Waals surface area contributed by atoms with Gasteiger partial charge in [0.25, 0.3) is 0 Å². The van der Waals surface area contributed by atoms with Gasteiger partial charge in [-0.05, 0) is 51.3 Å². The van der Waals surface area contributed by atoms with E-state index < -0.39 is 17.7 Å². The third kappa shape index (κ3) is 6.87. The predicted octanol–water partition coefficient (Wildman–Crippen LogP) is 4.64. The predicted molar refractivity (Wildman–Crippen MR) is 124 cm³/mol. The van der Waals surface area contributed by atoms with Crippen LogP contribution in [0.25, 0.3) is 0 Å². The van der Waals surface area contributed by atoms with E-state index in [0.717, 1.165) is 31.2 Å². The Kier molecular flexibility index (Phi) is 7.56. The molecule has 0 saturated heterocycles. The molecule has 3 rings (SSSR count). The van der Waals surface area contributed by atoms with Gasteiger partial charge in [-0.15, -0.1) is 0 Å². The fourth-order valence-corrected chi connectivity index (χ4v) is 3.75. The van der Waals surface area contributed by atoms with Gasteiger partial charge in [-0.2, -0.15) is 0 Å². The summed E-state index contributed by atoms with van der Waals surface area (Å²) in [5, 5.41) is 19.0. The van der Waals surface area contributed by atoms with Crippen molar-refractivity contribution >= 4 is 23.7 Å². The molecule has 1 fully saturated rings. The molecule has 4 N–H and O–H groups in total. The van der Waals surface area contributed by atoms with Gasteiger partial charge in [0.15, 0.2) is 0 Å². The number of hydrogen-bond acceptors (Lipinski definition) is 6. The first-order valence-electron chi connectivity index (χ1n) is 11.0. The van der Waals surface area contributed by atoms with Gasteiger partial charge < -0.3 is 25.8 Å². The fraction of sp³-hybridized carbons (Fsp3) is 0.458. The third-order valence-electron chi connectivity index (χ3n) is 5.23. The molecule has 32 heavy (non-hydrogen) atoms. The van der Waals surface area contributed by atoms with Crippen molar-refractivity contribution in [3.8, 4) is 0 Å². The van der Waals surface area contributed by atoms with Crippen molar-refractivity contribution in [2.24, 2.45) is 0 Å². The molecule has 0 radical (unpaired) electrons. The van der Waals surface area contributed by atoms with Crippen molar-refractivity contribution in [3.63, 3.8) is 0 Å². The van der Waals surface area contributed by atoms with Crippen LogP contribution in [0.3, 0.4) is 0 Å². The summed E-state index contributed by atoms with van der Waals surface area (Å²) in [5.41, 5.74) is 0.575. The summed E-state index contributed by atoms with van der Waals surface area (Å²) < 4.78 is 5.41. The lowest BCUT2D eigenvalue weighted by atomic mass is 9.90. The Balaban J connectivity index is 1.71. The molecule has 1 heterocycles. The van der Waals surface area contributed by atoms with Crippen LogP contribution in [0.2, 0.25) is 0 Å². The summed E-state index contributed by atoms with van der Waals surface area (Å²) in [6.07, 6.45) is 3.33. The van der Waals surface area contributed by atoms with E-state index in [-0.39, 0.29) is 17.6 Å². The van der Waals surface area contributed by atoms with Crippen LogP contribution < -0.4 is 16.0 Å². The highest BCUT2D eigenvalue weighted by Gasteiger charge is 2.29. The number of nitrogens with zero attached hydrogens (tertiary/aromatic N) is 1. The summed E-state index contributed by atoms with van der Waals surface area (Å²) in [4.78, 5) is 28.5. The second-order valence-corrected chi connectivity index (χ2v) is 9.02. The number of carboxylic acids is 1. The number of carboxylic acid groups (broad SMARTS) is 1. The zero-order chi connectivity index (χ0) is 23.1. The highest BCUT2D eigenvalue weighted by Crippen LogP contribution is 2.24. The molecule has 172 valence electrons. The average molecular weight is 441 g/mol. The standard InChI is InChI=1S/C24H32N4O4/c1-24(2,3)32-23(31)27-19-12-8-7-11-18(19)26-20-14-13-17(22(29)30)21(28-20)25-15-16-9-5-4-6-10-16/h4-6,9-10,13-14,18-19H,7-8,11-12,15H2,1-3H3,(H,27,31)(H,29,30)(H2,25,26,28)/t18?,19-/m0/s1. The van der Waals surface area contributed by atoms with Crippen LogP contribution in [-0.4, -0.2) is 39.8 Å². The number of pyridine rings is 1. The molecule has 1 aromatic carbocycles.